The van der Waals surface area contributed by atoms with Crippen molar-refractivity contribution >= 4 is 23.5 Å². The molecule has 0 saturated carbocycles. The highest BCUT2D eigenvalue weighted by Gasteiger charge is 2.17. The van der Waals surface area contributed by atoms with Gasteiger partial charge < -0.3 is 10.2 Å². The SMILES string of the molecule is CNc1nc(Cl)nc(N2CCCc3ccccc3C2)n1. The Morgan fingerprint density at radius 1 is 1.15 bits per heavy atom. The molecule has 2 aromatic rings. The first-order valence-electron chi connectivity index (χ1n) is 6.67. The lowest BCUT2D eigenvalue weighted by atomic mass is 10.0. The number of aromatic nitrogens is 3. The van der Waals surface area contributed by atoms with Crippen molar-refractivity contribution < 1.29 is 0 Å². The fourth-order valence-electron chi connectivity index (χ4n) is 2.46. The molecule has 0 spiro atoms. The Morgan fingerprint density at radius 3 is 2.75 bits per heavy atom. The highest BCUT2D eigenvalue weighted by Crippen LogP contribution is 2.22. The standard InChI is InChI=1S/C14H16ClN5/c1-16-13-17-12(15)18-14(19-13)20-8-4-7-10-5-2-3-6-11(10)9-20/h2-3,5-6H,4,7-9H2,1H3,(H,16,17,18,19). The van der Waals surface area contributed by atoms with Crippen LogP contribution in [0.25, 0.3) is 0 Å². The van der Waals surface area contributed by atoms with Gasteiger partial charge in [0, 0.05) is 20.1 Å². The van der Waals surface area contributed by atoms with E-state index in [4.69, 9.17) is 11.6 Å². The van der Waals surface area contributed by atoms with Crippen LogP contribution in [0, 0.1) is 0 Å². The molecule has 0 saturated heterocycles. The quantitative estimate of drug-likeness (QED) is 0.921. The van der Waals surface area contributed by atoms with Gasteiger partial charge in [-0.15, -0.1) is 0 Å². The van der Waals surface area contributed by atoms with Crippen molar-refractivity contribution in [1.82, 2.24) is 15.0 Å². The number of nitrogens with one attached hydrogen (secondary N) is 1. The van der Waals surface area contributed by atoms with Crippen LogP contribution in [0.15, 0.2) is 24.3 Å². The third-order valence-electron chi connectivity index (χ3n) is 3.46. The molecule has 0 amide bonds. The van der Waals surface area contributed by atoms with Crippen molar-refractivity contribution in [3.05, 3.63) is 40.7 Å². The second-order valence-electron chi connectivity index (χ2n) is 4.77. The van der Waals surface area contributed by atoms with E-state index in [9.17, 15) is 0 Å². The monoisotopic (exact) mass is 289 g/mol. The van der Waals surface area contributed by atoms with E-state index in [1.54, 1.807) is 7.05 Å². The molecule has 1 aromatic heterocycles. The van der Waals surface area contributed by atoms with Crippen LogP contribution < -0.4 is 10.2 Å². The Labute approximate surface area is 123 Å². The molecule has 0 fully saturated rings. The summed E-state index contributed by atoms with van der Waals surface area (Å²) in [5.74, 6) is 1.13. The minimum Gasteiger partial charge on any atom is -0.357 e. The molecule has 0 atom stereocenters. The topological polar surface area (TPSA) is 53.9 Å². The van der Waals surface area contributed by atoms with Crippen molar-refractivity contribution in [3.63, 3.8) is 0 Å². The third-order valence-corrected chi connectivity index (χ3v) is 3.63. The summed E-state index contributed by atoms with van der Waals surface area (Å²) >= 11 is 5.96. The van der Waals surface area contributed by atoms with Crippen molar-refractivity contribution in [2.24, 2.45) is 0 Å². The van der Waals surface area contributed by atoms with Crippen LogP contribution in [0.3, 0.4) is 0 Å². The molecular weight excluding hydrogens is 274 g/mol. The summed E-state index contributed by atoms with van der Waals surface area (Å²) in [6.45, 7) is 1.72. The van der Waals surface area contributed by atoms with Gasteiger partial charge in [-0.05, 0) is 35.6 Å². The van der Waals surface area contributed by atoms with Gasteiger partial charge in [-0.3, -0.25) is 0 Å². The molecule has 5 nitrogen and oxygen atoms in total. The third kappa shape index (κ3) is 2.67. The van der Waals surface area contributed by atoms with Gasteiger partial charge in [0.1, 0.15) is 0 Å². The molecule has 1 aliphatic rings. The number of hydrogen-bond donors (Lipinski definition) is 1. The smallest absolute Gasteiger partial charge is 0.231 e. The predicted molar refractivity (Wildman–Crippen MR) is 80.2 cm³/mol. The van der Waals surface area contributed by atoms with Crippen molar-refractivity contribution in [1.29, 1.82) is 0 Å². The average Bonchev–Trinajstić information content (AvgIpc) is 2.68. The van der Waals surface area contributed by atoms with E-state index in [-0.39, 0.29) is 5.28 Å². The molecule has 0 bridgehead atoms. The molecule has 2 heterocycles. The summed E-state index contributed by atoms with van der Waals surface area (Å²) < 4.78 is 0. The number of fused-ring (bicyclic) bond motifs is 1. The van der Waals surface area contributed by atoms with Gasteiger partial charge in [0.2, 0.25) is 17.2 Å². The number of rotatable bonds is 2. The maximum Gasteiger partial charge on any atom is 0.231 e. The summed E-state index contributed by atoms with van der Waals surface area (Å²) in [6, 6.07) is 8.52. The summed E-state index contributed by atoms with van der Waals surface area (Å²) in [7, 11) is 1.77. The van der Waals surface area contributed by atoms with Crippen molar-refractivity contribution in [2.75, 3.05) is 23.8 Å². The van der Waals surface area contributed by atoms with Crippen LogP contribution in [-0.4, -0.2) is 28.5 Å². The minimum absolute atomic E-state index is 0.219. The molecule has 0 aliphatic carbocycles. The maximum atomic E-state index is 5.96. The zero-order chi connectivity index (χ0) is 13.9. The van der Waals surface area contributed by atoms with Crippen molar-refractivity contribution in [3.8, 4) is 0 Å². The molecule has 6 heteroatoms. The van der Waals surface area contributed by atoms with Crippen LogP contribution in [-0.2, 0) is 13.0 Å². The maximum absolute atomic E-state index is 5.96. The fraction of sp³-hybridized carbons (Fsp3) is 0.357. The molecule has 1 aliphatic heterocycles. The normalized spacial score (nSPS) is 14.6. The van der Waals surface area contributed by atoms with Crippen LogP contribution in [0.4, 0.5) is 11.9 Å². The summed E-state index contributed by atoms with van der Waals surface area (Å²) in [5.41, 5.74) is 2.73. The largest absolute Gasteiger partial charge is 0.357 e. The Kier molecular flexibility index (Phi) is 3.69. The number of nitrogens with zero attached hydrogens (tertiary/aromatic N) is 4. The van der Waals surface area contributed by atoms with Gasteiger partial charge in [0.15, 0.2) is 0 Å². The molecule has 0 radical (unpaired) electrons. The second kappa shape index (κ2) is 5.63. The number of benzene rings is 1. The number of halogens is 1. The van der Waals surface area contributed by atoms with E-state index in [1.807, 2.05) is 0 Å². The van der Waals surface area contributed by atoms with E-state index < -0.39 is 0 Å². The first kappa shape index (κ1) is 13.1. The number of anilines is 2. The van der Waals surface area contributed by atoms with E-state index in [0.717, 1.165) is 25.9 Å². The molecule has 1 N–H and O–H groups in total. The van der Waals surface area contributed by atoms with E-state index in [2.05, 4.69) is 49.4 Å². The zero-order valence-corrected chi connectivity index (χ0v) is 12.1. The second-order valence-corrected chi connectivity index (χ2v) is 5.11. The van der Waals surface area contributed by atoms with Gasteiger partial charge in [-0.1, -0.05) is 24.3 Å². The lowest BCUT2D eigenvalue weighted by Gasteiger charge is -2.21. The van der Waals surface area contributed by atoms with E-state index in [0.29, 0.717) is 11.9 Å². The Balaban J connectivity index is 1.93. The Hall–Kier alpha value is -1.88. The highest BCUT2D eigenvalue weighted by atomic mass is 35.5. The summed E-state index contributed by atoms with van der Waals surface area (Å²) in [4.78, 5) is 14.8. The zero-order valence-electron chi connectivity index (χ0n) is 11.3. The lowest BCUT2D eigenvalue weighted by molar-refractivity contribution is 0.737. The Bertz CT molecular complexity index is 616. The molecule has 104 valence electrons. The van der Waals surface area contributed by atoms with Gasteiger partial charge in [-0.25, -0.2) is 0 Å². The van der Waals surface area contributed by atoms with Crippen LogP contribution >= 0.6 is 11.6 Å². The van der Waals surface area contributed by atoms with Gasteiger partial charge in [-0.2, -0.15) is 15.0 Å². The molecule has 20 heavy (non-hydrogen) atoms. The highest BCUT2D eigenvalue weighted by molar-refractivity contribution is 6.28. The van der Waals surface area contributed by atoms with Gasteiger partial charge in [0.25, 0.3) is 0 Å². The minimum atomic E-state index is 0.219. The first-order valence-corrected chi connectivity index (χ1v) is 7.05. The van der Waals surface area contributed by atoms with Gasteiger partial charge in [0.05, 0.1) is 0 Å². The molecular formula is C14H16ClN5. The molecule has 0 unspecified atom stereocenters. The number of hydrogen-bond acceptors (Lipinski definition) is 5. The Morgan fingerprint density at radius 2 is 1.95 bits per heavy atom. The average molecular weight is 290 g/mol. The first-order chi connectivity index (χ1) is 9.76. The van der Waals surface area contributed by atoms with E-state index >= 15 is 0 Å². The van der Waals surface area contributed by atoms with Crippen LogP contribution in [0.2, 0.25) is 5.28 Å². The van der Waals surface area contributed by atoms with Crippen LogP contribution in [0.1, 0.15) is 17.5 Å². The number of aryl methyl sites for hydroxylation is 1. The van der Waals surface area contributed by atoms with Crippen LogP contribution in [0.5, 0.6) is 0 Å². The molecule has 3 rings (SSSR count). The fourth-order valence-corrected chi connectivity index (χ4v) is 2.62. The van der Waals surface area contributed by atoms with Gasteiger partial charge >= 0.3 is 0 Å². The van der Waals surface area contributed by atoms with E-state index in [1.165, 1.54) is 11.1 Å². The molecule has 1 aromatic carbocycles. The predicted octanol–water partition coefficient (Wildman–Crippen LogP) is 2.52. The van der Waals surface area contributed by atoms with Crippen molar-refractivity contribution in [2.45, 2.75) is 19.4 Å². The lowest BCUT2D eigenvalue weighted by Crippen LogP contribution is -2.25. The summed E-state index contributed by atoms with van der Waals surface area (Å²) in [5, 5.41) is 3.13. The summed E-state index contributed by atoms with van der Waals surface area (Å²) in [6.07, 6.45) is 2.17.